The summed E-state index contributed by atoms with van der Waals surface area (Å²) >= 11 is 0. The third-order valence-corrected chi connectivity index (χ3v) is 2.92. The lowest BCUT2D eigenvalue weighted by Gasteiger charge is -2.31. The van der Waals surface area contributed by atoms with Gasteiger partial charge in [0.25, 0.3) is 0 Å². The van der Waals surface area contributed by atoms with Crippen LogP contribution in [0.5, 0.6) is 0 Å². The van der Waals surface area contributed by atoms with Crippen molar-refractivity contribution in [1.82, 2.24) is 5.32 Å². The first-order chi connectivity index (χ1) is 6.90. The molecule has 15 heavy (non-hydrogen) atoms. The van der Waals surface area contributed by atoms with Gasteiger partial charge in [-0.2, -0.15) is 0 Å². The topological polar surface area (TPSA) is 12.0 Å². The second kappa shape index (κ2) is 7.27. The fourth-order valence-corrected chi connectivity index (χ4v) is 2.12. The summed E-state index contributed by atoms with van der Waals surface area (Å²) in [5.74, 6) is 0.806. The van der Waals surface area contributed by atoms with Crippen LogP contribution in [0.3, 0.4) is 0 Å². The summed E-state index contributed by atoms with van der Waals surface area (Å²) in [4.78, 5) is 0. The van der Waals surface area contributed by atoms with Crippen LogP contribution in [0.1, 0.15) is 67.2 Å². The highest BCUT2D eigenvalue weighted by Crippen LogP contribution is 2.25. The van der Waals surface area contributed by atoms with Gasteiger partial charge in [-0.05, 0) is 37.1 Å². The van der Waals surface area contributed by atoms with Crippen molar-refractivity contribution in [2.75, 3.05) is 6.54 Å². The normalized spacial score (nSPS) is 16.4. The first kappa shape index (κ1) is 15.0. The van der Waals surface area contributed by atoms with E-state index < -0.39 is 0 Å². The van der Waals surface area contributed by atoms with Crippen LogP contribution < -0.4 is 5.32 Å². The minimum atomic E-state index is 0.438. The molecule has 0 aromatic heterocycles. The predicted molar refractivity (Wildman–Crippen MR) is 70.2 cm³/mol. The molecule has 2 unspecified atom stereocenters. The van der Waals surface area contributed by atoms with Gasteiger partial charge in [-0.3, -0.25) is 0 Å². The van der Waals surface area contributed by atoms with Gasteiger partial charge in [-0.25, -0.2) is 0 Å². The Bertz CT molecular complexity index is 146. The highest BCUT2D eigenvalue weighted by atomic mass is 14.9. The van der Waals surface area contributed by atoms with Gasteiger partial charge in [-0.1, -0.05) is 48.0 Å². The first-order valence-electron chi connectivity index (χ1n) is 6.64. The molecule has 0 aliphatic rings. The minimum absolute atomic E-state index is 0.438. The van der Waals surface area contributed by atoms with Crippen LogP contribution in [0.25, 0.3) is 0 Å². The number of rotatable bonds is 7. The van der Waals surface area contributed by atoms with E-state index in [4.69, 9.17) is 0 Å². The third-order valence-electron chi connectivity index (χ3n) is 2.92. The molecule has 2 atom stereocenters. The lowest BCUT2D eigenvalue weighted by molar-refractivity contribution is 0.247. The van der Waals surface area contributed by atoms with E-state index in [0.717, 1.165) is 12.5 Å². The molecule has 0 saturated heterocycles. The fraction of sp³-hybridized carbons (Fsp3) is 1.00. The Morgan fingerprint density at radius 1 is 1.07 bits per heavy atom. The average molecular weight is 213 g/mol. The maximum atomic E-state index is 3.71. The Hall–Kier alpha value is -0.0400. The van der Waals surface area contributed by atoms with Gasteiger partial charge in [0.2, 0.25) is 0 Å². The number of nitrogens with one attached hydrogen (secondary N) is 1. The van der Waals surface area contributed by atoms with E-state index in [-0.39, 0.29) is 0 Å². The molecule has 0 radical (unpaired) electrons. The first-order valence-corrected chi connectivity index (χ1v) is 6.64. The maximum absolute atomic E-state index is 3.71. The van der Waals surface area contributed by atoms with Gasteiger partial charge in [0.05, 0.1) is 0 Å². The molecular formula is C14H31N. The lowest BCUT2D eigenvalue weighted by atomic mass is 9.82. The van der Waals surface area contributed by atoms with Crippen LogP contribution >= 0.6 is 0 Å². The van der Waals surface area contributed by atoms with Crippen LogP contribution in [0, 0.1) is 11.3 Å². The highest BCUT2D eigenvalue weighted by molar-refractivity contribution is 4.78. The van der Waals surface area contributed by atoms with Crippen LogP contribution in [0.4, 0.5) is 0 Å². The monoisotopic (exact) mass is 213 g/mol. The van der Waals surface area contributed by atoms with E-state index in [1.54, 1.807) is 0 Å². The molecule has 1 N–H and O–H groups in total. The molecule has 0 aliphatic carbocycles. The zero-order valence-corrected chi connectivity index (χ0v) is 11.7. The van der Waals surface area contributed by atoms with E-state index >= 15 is 0 Å². The summed E-state index contributed by atoms with van der Waals surface area (Å²) < 4.78 is 0. The van der Waals surface area contributed by atoms with Gasteiger partial charge < -0.3 is 5.32 Å². The molecule has 0 aromatic carbocycles. The molecule has 1 heteroatoms. The second-order valence-corrected chi connectivity index (χ2v) is 6.09. The molecule has 0 bridgehead atoms. The van der Waals surface area contributed by atoms with Gasteiger partial charge in [0, 0.05) is 6.04 Å². The minimum Gasteiger partial charge on any atom is -0.314 e. The molecule has 0 aliphatic heterocycles. The Balaban J connectivity index is 4.16. The zero-order chi connectivity index (χ0) is 11.9. The molecule has 0 heterocycles. The van der Waals surface area contributed by atoms with Crippen molar-refractivity contribution < 1.29 is 0 Å². The van der Waals surface area contributed by atoms with E-state index in [9.17, 15) is 0 Å². The van der Waals surface area contributed by atoms with Crippen molar-refractivity contribution in [3.8, 4) is 0 Å². The molecule has 0 aromatic rings. The quantitative estimate of drug-likeness (QED) is 0.667. The molecule has 0 amide bonds. The number of hydrogen-bond acceptors (Lipinski definition) is 1. The zero-order valence-electron chi connectivity index (χ0n) is 11.7. The summed E-state index contributed by atoms with van der Waals surface area (Å²) in [5, 5.41) is 3.71. The Morgan fingerprint density at radius 2 is 1.67 bits per heavy atom. The van der Waals surface area contributed by atoms with Crippen LogP contribution in [0.2, 0.25) is 0 Å². The van der Waals surface area contributed by atoms with E-state index in [1.807, 2.05) is 0 Å². The number of hydrogen-bond donors (Lipinski definition) is 1. The SMILES string of the molecule is CCCNC(CC(C)(C)C)C(C)CCC. The van der Waals surface area contributed by atoms with Crippen molar-refractivity contribution in [2.45, 2.75) is 73.3 Å². The van der Waals surface area contributed by atoms with E-state index in [0.29, 0.717) is 11.5 Å². The largest absolute Gasteiger partial charge is 0.314 e. The van der Waals surface area contributed by atoms with Gasteiger partial charge in [0.1, 0.15) is 0 Å². The molecule has 0 spiro atoms. The van der Waals surface area contributed by atoms with Crippen molar-refractivity contribution in [3.63, 3.8) is 0 Å². The smallest absolute Gasteiger partial charge is 0.00976 e. The summed E-state index contributed by atoms with van der Waals surface area (Å²) in [6, 6.07) is 0.699. The predicted octanol–water partition coefficient (Wildman–Crippen LogP) is 4.23. The average Bonchev–Trinajstić information content (AvgIpc) is 2.10. The third kappa shape index (κ3) is 7.84. The molecule has 1 nitrogen and oxygen atoms in total. The summed E-state index contributed by atoms with van der Waals surface area (Å²) in [6.45, 7) is 15.1. The summed E-state index contributed by atoms with van der Waals surface area (Å²) in [6.07, 6.45) is 5.17. The van der Waals surface area contributed by atoms with Crippen LogP contribution in [-0.4, -0.2) is 12.6 Å². The standard InChI is InChI=1S/C14H31N/c1-7-9-12(3)13(15-10-8-2)11-14(4,5)6/h12-13,15H,7-11H2,1-6H3. The van der Waals surface area contributed by atoms with E-state index in [1.165, 1.54) is 25.7 Å². The molecule has 0 fully saturated rings. The molecule has 0 saturated carbocycles. The van der Waals surface area contributed by atoms with Gasteiger partial charge in [-0.15, -0.1) is 0 Å². The molecule has 92 valence electrons. The van der Waals surface area contributed by atoms with Crippen molar-refractivity contribution in [3.05, 3.63) is 0 Å². The highest BCUT2D eigenvalue weighted by Gasteiger charge is 2.22. The van der Waals surface area contributed by atoms with Crippen LogP contribution in [-0.2, 0) is 0 Å². The lowest BCUT2D eigenvalue weighted by Crippen LogP contribution is -2.38. The fourth-order valence-electron chi connectivity index (χ4n) is 2.12. The summed E-state index contributed by atoms with van der Waals surface area (Å²) in [5.41, 5.74) is 0.438. The van der Waals surface area contributed by atoms with E-state index in [2.05, 4.69) is 46.9 Å². The van der Waals surface area contributed by atoms with Gasteiger partial charge >= 0.3 is 0 Å². The Labute approximate surface area is 97.0 Å². The molecular weight excluding hydrogens is 182 g/mol. The second-order valence-electron chi connectivity index (χ2n) is 6.09. The Morgan fingerprint density at radius 3 is 2.07 bits per heavy atom. The van der Waals surface area contributed by atoms with Crippen molar-refractivity contribution in [2.24, 2.45) is 11.3 Å². The summed E-state index contributed by atoms with van der Waals surface area (Å²) in [7, 11) is 0. The van der Waals surface area contributed by atoms with Gasteiger partial charge in [0.15, 0.2) is 0 Å². The van der Waals surface area contributed by atoms with Crippen LogP contribution in [0.15, 0.2) is 0 Å². The maximum Gasteiger partial charge on any atom is 0.00976 e. The van der Waals surface area contributed by atoms with Crippen molar-refractivity contribution in [1.29, 1.82) is 0 Å². The Kier molecular flexibility index (Phi) is 7.25. The molecule has 0 rings (SSSR count). The van der Waals surface area contributed by atoms with Crippen molar-refractivity contribution >= 4 is 0 Å².